The Labute approximate surface area is 272 Å². The first-order valence-electron chi connectivity index (χ1n) is 16.3. The van der Waals surface area contributed by atoms with Crippen molar-refractivity contribution in [3.05, 3.63) is 24.5 Å². The smallest absolute Gasteiger partial charge is 0.410 e. The van der Waals surface area contributed by atoms with Gasteiger partial charge in [-0.15, -0.1) is 10.2 Å². The Kier molecular flexibility index (Phi) is 11.6. The molecule has 4 heterocycles. The average Bonchev–Trinajstić information content (AvgIpc) is 3.61. The fraction of sp³-hybridized carbons (Fsp3) is 0.719. The van der Waals surface area contributed by atoms with Crippen molar-refractivity contribution in [3.63, 3.8) is 0 Å². The summed E-state index contributed by atoms with van der Waals surface area (Å²) in [5.74, 6) is -2.47. The molecule has 2 radical (unpaired) electrons. The summed E-state index contributed by atoms with van der Waals surface area (Å²) in [5, 5.41) is 20.0. The van der Waals surface area contributed by atoms with Crippen LogP contribution < -0.4 is 5.32 Å². The fourth-order valence-corrected chi connectivity index (χ4v) is 6.74. The van der Waals surface area contributed by atoms with E-state index in [1.807, 2.05) is 40.0 Å². The highest BCUT2D eigenvalue weighted by Gasteiger charge is 2.58. The molecule has 8 atom stereocenters. The topological polar surface area (TPSA) is 151 Å². The molecule has 4 rings (SSSR count). The van der Waals surface area contributed by atoms with E-state index in [1.165, 1.54) is 6.92 Å². The first kappa shape index (κ1) is 35.5. The number of amides is 1. The summed E-state index contributed by atoms with van der Waals surface area (Å²) in [7, 11) is 8.09. The van der Waals surface area contributed by atoms with E-state index < -0.39 is 47.1 Å². The molecule has 2 aliphatic rings. The number of nitrogens with one attached hydrogen (secondary N) is 1. The Morgan fingerprint density at radius 1 is 1.11 bits per heavy atom. The number of fused-ring (bicyclic) bond motifs is 1. The zero-order valence-corrected chi connectivity index (χ0v) is 28.1. The summed E-state index contributed by atoms with van der Waals surface area (Å²) >= 11 is 0. The van der Waals surface area contributed by atoms with Gasteiger partial charge in [0.25, 0.3) is 0 Å². The molecule has 2 saturated heterocycles. The Morgan fingerprint density at radius 2 is 1.85 bits per heavy atom. The van der Waals surface area contributed by atoms with Crippen LogP contribution in [0.2, 0.25) is 5.82 Å². The van der Waals surface area contributed by atoms with Crippen LogP contribution in [-0.2, 0) is 30.3 Å². The average molecular weight is 638 g/mol. The van der Waals surface area contributed by atoms with Gasteiger partial charge in [0.1, 0.15) is 29.2 Å². The number of Topliss-reactive ketones (excluding diaryl/α,β-unsaturated/α-hetero) is 1. The van der Waals surface area contributed by atoms with E-state index in [0.717, 1.165) is 6.42 Å². The molecule has 2 fully saturated rings. The lowest BCUT2D eigenvalue weighted by molar-refractivity contribution is -0.169. The second kappa shape index (κ2) is 15.0. The van der Waals surface area contributed by atoms with Crippen molar-refractivity contribution in [1.29, 1.82) is 0 Å². The molecule has 2 aliphatic heterocycles. The van der Waals surface area contributed by atoms with Crippen molar-refractivity contribution in [2.75, 3.05) is 20.2 Å². The highest BCUT2D eigenvalue weighted by atomic mass is 16.6. The minimum Gasteiger partial charge on any atom is -0.458 e. The molecule has 0 aliphatic carbocycles. The summed E-state index contributed by atoms with van der Waals surface area (Å²) in [6.07, 6.45) is 4.58. The Morgan fingerprint density at radius 3 is 2.52 bits per heavy atom. The van der Waals surface area contributed by atoms with Gasteiger partial charge in [0, 0.05) is 38.9 Å². The number of carbonyl (C=O) groups is 3. The predicted molar refractivity (Wildman–Crippen MR) is 171 cm³/mol. The molecule has 250 valence electrons. The van der Waals surface area contributed by atoms with E-state index in [0.29, 0.717) is 50.3 Å². The lowest BCUT2D eigenvalue weighted by Gasteiger charge is -2.41. The molecule has 1 N–H and O–H groups in total. The van der Waals surface area contributed by atoms with Gasteiger partial charge in [-0.3, -0.25) is 19.2 Å². The van der Waals surface area contributed by atoms with E-state index >= 15 is 0 Å². The molecule has 2 aromatic heterocycles. The summed E-state index contributed by atoms with van der Waals surface area (Å²) in [6.45, 7) is 12.9. The van der Waals surface area contributed by atoms with E-state index in [2.05, 4.69) is 32.7 Å². The van der Waals surface area contributed by atoms with Crippen LogP contribution in [0.25, 0.3) is 11.4 Å². The molecule has 0 saturated carbocycles. The molecular weight excluding hydrogens is 589 g/mol. The van der Waals surface area contributed by atoms with Gasteiger partial charge >= 0.3 is 12.1 Å². The number of ether oxygens (including phenoxy) is 3. The minimum absolute atomic E-state index is 0.0210. The largest absolute Gasteiger partial charge is 0.458 e. The van der Waals surface area contributed by atoms with Crippen LogP contribution in [0.5, 0.6) is 0 Å². The van der Waals surface area contributed by atoms with Crippen LogP contribution in [0.3, 0.4) is 0 Å². The number of nitrogens with zero attached hydrogens (tertiary/aromatic N) is 6. The third-order valence-electron chi connectivity index (χ3n) is 9.67. The standard InChI is InChI=1S/C32H48BN7O6/c1-8-27-32(6)28(22(4)34-18-20(2)17-31(5,44-7)26(33)16-25(41)21(3)29(42)45-27)40(30(43)46-32)15-10-9-14-39-19-24(37-38-39)23-12-11-13-35-36-23/h11-13,19-22,26-28,34H,8-10,14-18H2,1-7H3/t20-,21-,22-,26-,27-,28-,31-,32-/m1/s1. The summed E-state index contributed by atoms with van der Waals surface area (Å²) < 4.78 is 19.7. The van der Waals surface area contributed by atoms with Gasteiger partial charge < -0.3 is 19.5 Å². The predicted octanol–water partition coefficient (Wildman–Crippen LogP) is 3.39. The summed E-state index contributed by atoms with van der Waals surface area (Å²) in [6, 6.07) is 2.95. The molecule has 0 spiro atoms. The number of rotatable bonds is 8. The van der Waals surface area contributed by atoms with Crippen LogP contribution in [0.1, 0.15) is 73.6 Å². The van der Waals surface area contributed by atoms with Gasteiger partial charge in [-0.05, 0) is 83.8 Å². The second-order valence-corrected chi connectivity index (χ2v) is 13.2. The van der Waals surface area contributed by atoms with E-state index in [9.17, 15) is 14.4 Å². The number of hydrogen-bond donors (Lipinski definition) is 1. The number of ketones is 1. The molecule has 13 nitrogen and oxygen atoms in total. The Balaban J connectivity index is 1.53. The van der Waals surface area contributed by atoms with Crippen LogP contribution in [0, 0.1) is 11.8 Å². The van der Waals surface area contributed by atoms with Crippen molar-refractivity contribution in [1.82, 2.24) is 35.4 Å². The normalized spacial score (nSPS) is 33.1. The molecule has 0 aromatic carbocycles. The number of methoxy groups -OCH3 is 1. The first-order valence-corrected chi connectivity index (χ1v) is 16.3. The van der Waals surface area contributed by atoms with Gasteiger partial charge in [0.15, 0.2) is 5.60 Å². The number of aryl methyl sites for hydroxylation is 1. The van der Waals surface area contributed by atoms with E-state index in [-0.39, 0.29) is 24.2 Å². The van der Waals surface area contributed by atoms with Crippen molar-refractivity contribution in [3.8, 4) is 11.4 Å². The number of esters is 1. The van der Waals surface area contributed by atoms with Crippen LogP contribution in [-0.4, -0.2) is 105 Å². The number of unbranched alkanes of at least 4 members (excludes halogenated alkanes) is 1. The molecule has 1 amide bonds. The lowest BCUT2D eigenvalue weighted by atomic mass is 9.67. The number of carbonyl (C=O) groups excluding carboxylic acids is 3. The molecule has 46 heavy (non-hydrogen) atoms. The molecule has 0 unspecified atom stereocenters. The second-order valence-electron chi connectivity index (χ2n) is 13.2. The minimum atomic E-state index is -1.16. The van der Waals surface area contributed by atoms with Gasteiger partial charge in [-0.2, -0.15) is 5.10 Å². The zero-order valence-electron chi connectivity index (χ0n) is 28.1. The number of cyclic esters (lactones) is 1. The lowest BCUT2D eigenvalue weighted by Crippen LogP contribution is -2.60. The molecular formula is C32H48BN7O6. The summed E-state index contributed by atoms with van der Waals surface area (Å²) in [5.41, 5.74) is -0.648. The maximum Gasteiger partial charge on any atom is 0.410 e. The maximum atomic E-state index is 13.5. The van der Waals surface area contributed by atoms with Crippen molar-refractivity contribution in [2.45, 2.75) is 115 Å². The Bertz CT molecular complexity index is 1350. The third-order valence-corrected chi connectivity index (χ3v) is 9.67. The monoisotopic (exact) mass is 637 g/mol. The van der Waals surface area contributed by atoms with Gasteiger partial charge in [-0.1, -0.05) is 19.1 Å². The van der Waals surface area contributed by atoms with Crippen LogP contribution in [0.15, 0.2) is 24.5 Å². The van der Waals surface area contributed by atoms with Crippen LogP contribution in [0.4, 0.5) is 4.79 Å². The van der Waals surface area contributed by atoms with Gasteiger partial charge in [-0.25, -0.2) is 4.79 Å². The van der Waals surface area contributed by atoms with E-state index in [4.69, 9.17) is 22.1 Å². The fourth-order valence-electron chi connectivity index (χ4n) is 6.74. The molecule has 0 bridgehead atoms. The third kappa shape index (κ3) is 7.76. The first-order chi connectivity index (χ1) is 21.8. The van der Waals surface area contributed by atoms with Crippen molar-refractivity contribution in [2.24, 2.45) is 11.8 Å². The van der Waals surface area contributed by atoms with Crippen LogP contribution >= 0.6 is 0 Å². The SMILES string of the molecule is [B][C@@H]1CC(=O)[C@@H](C)C(=O)O[C@H](CC)[C@@]2(C)OC(=O)N(CCCCn3cc(-c4cccnn4)nn3)[C@@H]2[C@@H](C)NC[C@H](C)C[C@@]1(C)OC. The molecule has 14 heteroatoms. The highest BCUT2D eigenvalue weighted by molar-refractivity contribution is 6.15. The zero-order chi connectivity index (χ0) is 33.6. The van der Waals surface area contributed by atoms with Crippen molar-refractivity contribution >= 4 is 25.7 Å². The van der Waals surface area contributed by atoms with E-state index in [1.54, 1.807) is 29.0 Å². The van der Waals surface area contributed by atoms with Gasteiger partial charge in [0.05, 0.1) is 25.7 Å². The quantitative estimate of drug-likeness (QED) is 0.196. The number of aromatic nitrogens is 5. The highest BCUT2D eigenvalue weighted by Crippen LogP contribution is 2.39. The maximum absolute atomic E-state index is 13.5. The van der Waals surface area contributed by atoms with Crippen molar-refractivity contribution < 1.29 is 28.6 Å². The number of hydrogen-bond acceptors (Lipinski definition) is 11. The van der Waals surface area contributed by atoms with Gasteiger partial charge in [0.2, 0.25) is 0 Å². The molecule has 2 aromatic rings. The summed E-state index contributed by atoms with van der Waals surface area (Å²) in [4.78, 5) is 41.8. The Hall–Kier alpha value is -3.39.